The summed E-state index contributed by atoms with van der Waals surface area (Å²) in [5.74, 6) is -3.73. The van der Waals surface area contributed by atoms with Crippen LogP contribution in [0.1, 0.15) is 16.1 Å². The summed E-state index contributed by atoms with van der Waals surface area (Å²) in [7, 11) is 0. The molecule has 0 spiro atoms. The van der Waals surface area contributed by atoms with Crippen molar-refractivity contribution in [2.45, 2.75) is 12.8 Å². The number of nitrogens with two attached hydrogens (primary N) is 1. The van der Waals surface area contributed by atoms with Gasteiger partial charge in [0.2, 0.25) is 0 Å². The lowest BCUT2D eigenvalue weighted by molar-refractivity contribution is 0.0118. The molecule has 0 bridgehead atoms. The minimum absolute atomic E-state index is 0. The van der Waals surface area contributed by atoms with Crippen molar-refractivity contribution < 1.29 is 13.6 Å². The maximum absolute atomic E-state index is 13.0. The third-order valence-electron chi connectivity index (χ3n) is 2.92. The molecule has 0 saturated carbocycles. The van der Waals surface area contributed by atoms with Crippen LogP contribution in [0.15, 0.2) is 29.6 Å². The average molecular weight is 348 g/mol. The molecule has 0 aliphatic rings. The van der Waals surface area contributed by atoms with E-state index in [0.29, 0.717) is 5.01 Å². The number of hydrogen-bond acceptors (Lipinski definition) is 4. The van der Waals surface area contributed by atoms with E-state index in [0.717, 1.165) is 11.1 Å². The largest absolute Gasteiger partial charge is 0.345 e. The molecule has 8 heteroatoms. The summed E-state index contributed by atoms with van der Waals surface area (Å²) in [5.41, 5.74) is 7.00. The van der Waals surface area contributed by atoms with Gasteiger partial charge >= 0.3 is 0 Å². The quantitative estimate of drug-likeness (QED) is 0.874. The number of carbonyl (C=O) groups excluding carboxylic acids is 1. The zero-order valence-corrected chi connectivity index (χ0v) is 13.4. The van der Waals surface area contributed by atoms with Gasteiger partial charge in [-0.05, 0) is 12.5 Å². The Morgan fingerprint density at radius 1 is 1.41 bits per heavy atom. The summed E-state index contributed by atoms with van der Waals surface area (Å²) in [6, 6.07) is 7.64. The molecular weight excluding hydrogens is 332 g/mol. The van der Waals surface area contributed by atoms with E-state index < -0.39 is 24.9 Å². The smallest absolute Gasteiger partial charge is 0.277 e. The molecule has 1 amide bonds. The Kier molecular flexibility index (Phi) is 6.40. The van der Waals surface area contributed by atoms with Gasteiger partial charge in [0.25, 0.3) is 11.8 Å². The third kappa shape index (κ3) is 4.46. The normalized spacial score (nSPS) is 10.9. The zero-order valence-electron chi connectivity index (χ0n) is 11.8. The first-order valence-corrected chi connectivity index (χ1v) is 7.18. The second kappa shape index (κ2) is 7.62. The predicted octanol–water partition coefficient (Wildman–Crippen LogP) is 2.86. The van der Waals surface area contributed by atoms with E-state index in [1.165, 1.54) is 11.3 Å². The predicted molar refractivity (Wildman–Crippen MR) is 85.9 cm³/mol. The van der Waals surface area contributed by atoms with Gasteiger partial charge in [0.05, 0.1) is 13.1 Å². The van der Waals surface area contributed by atoms with Crippen molar-refractivity contribution in [1.29, 1.82) is 0 Å². The van der Waals surface area contributed by atoms with Crippen LogP contribution in [0, 0.1) is 6.92 Å². The van der Waals surface area contributed by atoms with E-state index in [4.69, 9.17) is 5.73 Å². The highest BCUT2D eigenvalue weighted by Gasteiger charge is 2.27. The average Bonchev–Trinajstić information content (AvgIpc) is 2.95. The molecule has 0 aliphatic heterocycles. The molecule has 2 aromatic rings. The second-order valence-electron chi connectivity index (χ2n) is 4.60. The van der Waals surface area contributed by atoms with Crippen molar-refractivity contribution in [3.05, 3.63) is 40.9 Å². The number of benzene rings is 1. The third-order valence-corrected chi connectivity index (χ3v) is 3.79. The van der Waals surface area contributed by atoms with Gasteiger partial charge in [-0.15, -0.1) is 23.7 Å². The van der Waals surface area contributed by atoms with E-state index in [-0.39, 0.29) is 18.1 Å². The minimum atomic E-state index is -3.11. The van der Waals surface area contributed by atoms with Crippen LogP contribution in [0.5, 0.6) is 0 Å². The summed E-state index contributed by atoms with van der Waals surface area (Å²) < 4.78 is 26.0. The Morgan fingerprint density at radius 3 is 2.73 bits per heavy atom. The molecule has 0 atom stereocenters. The number of nitrogens with zero attached hydrogens (tertiary/aromatic N) is 1. The molecule has 2 rings (SSSR count). The number of hydrogen-bond donors (Lipinski definition) is 2. The zero-order chi connectivity index (χ0) is 15.5. The number of amides is 1. The molecule has 0 aliphatic carbocycles. The summed E-state index contributed by atoms with van der Waals surface area (Å²) in [6.45, 7) is 0.344. The first kappa shape index (κ1) is 18.5. The Hall–Kier alpha value is -1.57. The first-order valence-electron chi connectivity index (χ1n) is 6.30. The Bertz CT molecular complexity index is 649. The van der Waals surface area contributed by atoms with E-state index in [1.54, 1.807) is 5.38 Å². The van der Waals surface area contributed by atoms with E-state index in [2.05, 4.69) is 10.3 Å². The van der Waals surface area contributed by atoms with E-state index in [9.17, 15) is 13.6 Å². The molecule has 120 valence electrons. The molecule has 4 nitrogen and oxygen atoms in total. The lowest BCUT2D eigenvalue weighted by atomic mass is 10.1. The molecule has 3 N–H and O–H groups in total. The summed E-state index contributed by atoms with van der Waals surface area (Å²) >= 11 is 1.30. The van der Waals surface area contributed by atoms with Gasteiger partial charge in [0.1, 0.15) is 10.7 Å². The summed E-state index contributed by atoms with van der Waals surface area (Å²) in [4.78, 5) is 16.0. The molecular formula is C14H16ClF2N3OS. The van der Waals surface area contributed by atoms with Crippen LogP contribution in [0.2, 0.25) is 0 Å². The summed E-state index contributed by atoms with van der Waals surface area (Å²) in [5, 5.41) is 4.38. The number of thiazole rings is 1. The standard InChI is InChI=1S/C14H15F2N3OS.ClH/c1-9-4-2-3-5-10(9)13-19-11(6-21-13)12(20)18-8-14(15,16)7-17;/h2-6H,7-8,17H2,1H3,(H,18,20);1H. The van der Waals surface area contributed by atoms with Crippen LogP contribution in [-0.2, 0) is 0 Å². The number of aryl methyl sites for hydroxylation is 1. The minimum Gasteiger partial charge on any atom is -0.345 e. The van der Waals surface area contributed by atoms with Gasteiger partial charge in [0.15, 0.2) is 0 Å². The lowest BCUT2D eigenvalue weighted by Crippen LogP contribution is -2.41. The topological polar surface area (TPSA) is 68.0 Å². The van der Waals surface area contributed by atoms with Crippen molar-refractivity contribution in [3.8, 4) is 10.6 Å². The lowest BCUT2D eigenvalue weighted by Gasteiger charge is -2.13. The number of alkyl halides is 2. The molecule has 1 aromatic heterocycles. The first-order chi connectivity index (χ1) is 9.93. The van der Waals surface area contributed by atoms with Crippen LogP contribution in [0.4, 0.5) is 8.78 Å². The highest BCUT2D eigenvalue weighted by Crippen LogP contribution is 2.26. The molecule has 22 heavy (non-hydrogen) atoms. The van der Waals surface area contributed by atoms with Gasteiger partial charge in [-0.2, -0.15) is 0 Å². The number of nitrogens with one attached hydrogen (secondary N) is 1. The number of rotatable bonds is 5. The van der Waals surface area contributed by atoms with Gasteiger partial charge in [-0.25, -0.2) is 13.8 Å². The molecule has 1 heterocycles. The molecule has 0 fully saturated rings. The van der Waals surface area contributed by atoms with Crippen LogP contribution in [0.25, 0.3) is 10.6 Å². The SMILES string of the molecule is Cc1ccccc1-c1nc(C(=O)NCC(F)(F)CN)cs1.Cl. The van der Waals surface area contributed by atoms with Gasteiger partial charge in [-0.1, -0.05) is 24.3 Å². The number of aromatic nitrogens is 1. The highest BCUT2D eigenvalue weighted by atomic mass is 35.5. The Labute approximate surface area is 137 Å². The van der Waals surface area contributed by atoms with Crippen molar-refractivity contribution >= 4 is 29.7 Å². The van der Waals surface area contributed by atoms with Crippen molar-refractivity contribution in [3.63, 3.8) is 0 Å². The second-order valence-corrected chi connectivity index (χ2v) is 5.45. The molecule has 0 unspecified atom stereocenters. The van der Waals surface area contributed by atoms with E-state index in [1.807, 2.05) is 31.2 Å². The fraction of sp³-hybridized carbons (Fsp3) is 0.286. The molecule has 0 saturated heterocycles. The molecule has 0 radical (unpaired) electrons. The maximum Gasteiger partial charge on any atom is 0.277 e. The Morgan fingerprint density at radius 2 is 2.09 bits per heavy atom. The fourth-order valence-electron chi connectivity index (χ4n) is 1.69. The van der Waals surface area contributed by atoms with Gasteiger partial charge < -0.3 is 11.1 Å². The van der Waals surface area contributed by atoms with Crippen molar-refractivity contribution in [1.82, 2.24) is 10.3 Å². The van der Waals surface area contributed by atoms with Crippen LogP contribution < -0.4 is 11.1 Å². The number of halogens is 3. The van der Waals surface area contributed by atoms with Crippen LogP contribution in [-0.4, -0.2) is 29.9 Å². The Balaban J connectivity index is 0.00000242. The molecule has 1 aromatic carbocycles. The van der Waals surface area contributed by atoms with Crippen LogP contribution >= 0.6 is 23.7 Å². The summed E-state index contributed by atoms with van der Waals surface area (Å²) in [6.07, 6.45) is 0. The van der Waals surface area contributed by atoms with Crippen LogP contribution in [0.3, 0.4) is 0 Å². The van der Waals surface area contributed by atoms with E-state index >= 15 is 0 Å². The monoisotopic (exact) mass is 347 g/mol. The maximum atomic E-state index is 13.0. The van der Waals surface area contributed by atoms with Gasteiger partial charge in [0, 0.05) is 10.9 Å². The van der Waals surface area contributed by atoms with Crippen molar-refractivity contribution in [2.75, 3.05) is 13.1 Å². The van der Waals surface area contributed by atoms with Crippen molar-refractivity contribution in [2.24, 2.45) is 5.73 Å². The number of carbonyl (C=O) groups is 1. The fourth-order valence-corrected chi connectivity index (χ4v) is 2.58. The van der Waals surface area contributed by atoms with Gasteiger partial charge in [-0.3, -0.25) is 4.79 Å². The highest BCUT2D eigenvalue weighted by molar-refractivity contribution is 7.13.